The molecule has 0 nitrogen and oxygen atoms in total. The van der Waals surface area contributed by atoms with Crippen molar-refractivity contribution < 1.29 is 0 Å². The summed E-state index contributed by atoms with van der Waals surface area (Å²) in [4.78, 5) is 0. The molecule has 0 fully saturated rings. The van der Waals surface area contributed by atoms with Gasteiger partial charge in [0.05, 0.1) is 0 Å². The van der Waals surface area contributed by atoms with E-state index in [1.165, 1.54) is 27.8 Å². The highest BCUT2D eigenvalue weighted by molar-refractivity contribution is 5.47. The summed E-state index contributed by atoms with van der Waals surface area (Å²) in [5.74, 6) is 0.375. The third-order valence-electron chi connectivity index (χ3n) is 4.88. The molecule has 0 saturated carbocycles. The predicted octanol–water partition coefficient (Wildman–Crippen LogP) is 6.82. The van der Waals surface area contributed by atoms with E-state index in [1.54, 1.807) is 0 Å². The van der Waals surface area contributed by atoms with E-state index in [1.807, 2.05) is 12.2 Å². The lowest BCUT2D eigenvalue weighted by Gasteiger charge is -2.17. The van der Waals surface area contributed by atoms with Crippen LogP contribution < -0.4 is 0 Å². The van der Waals surface area contributed by atoms with E-state index in [9.17, 15) is 0 Å². The van der Waals surface area contributed by atoms with Gasteiger partial charge in [-0.05, 0) is 47.1 Å². The van der Waals surface area contributed by atoms with Crippen LogP contribution in [0.25, 0.3) is 6.08 Å². The Morgan fingerprint density at radius 3 is 2.08 bits per heavy atom. The van der Waals surface area contributed by atoms with Crippen molar-refractivity contribution in [2.75, 3.05) is 0 Å². The lowest BCUT2D eigenvalue weighted by Crippen LogP contribution is -2.01. The topological polar surface area (TPSA) is 0 Å². The molecule has 0 aliphatic heterocycles. The van der Waals surface area contributed by atoms with Crippen LogP contribution in [0.4, 0.5) is 0 Å². The minimum atomic E-state index is 0.375. The molecule has 0 radical (unpaired) electrons. The Labute approximate surface area is 157 Å². The van der Waals surface area contributed by atoms with Crippen LogP contribution in [0.1, 0.15) is 40.2 Å². The van der Waals surface area contributed by atoms with E-state index in [2.05, 4.69) is 92.0 Å². The first kappa shape index (κ1) is 17.9. The van der Waals surface area contributed by atoms with Crippen molar-refractivity contribution in [3.63, 3.8) is 0 Å². The molecule has 0 spiro atoms. The number of hydrogen-bond acceptors (Lipinski definition) is 0. The van der Waals surface area contributed by atoms with Crippen LogP contribution in [0.3, 0.4) is 0 Å². The summed E-state index contributed by atoms with van der Waals surface area (Å²) in [6.45, 7) is 7.77. The van der Waals surface area contributed by atoms with Gasteiger partial charge in [-0.15, -0.1) is 6.58 Å². The van der Waals surface area contributed by atoms with E-state index in [-0.39, 0.29) is 0 Å². The molecule has 0 heteroatoms. The largest absolute Gasteiger partial charge is 0.103 e. The van der Waals surface area contributed by atoms with Crippen LogP contribution in [0.15, 0.2) is 98.1 Å². The second-order valence-corrected chi connectivity index (χ2v) is 6.68. The van der Waals surface area contributed by atoms with Gasteiger partial charge in [-0.1, -0.05) is 97.6 Å². The molecule has 0 bridgehead atoms. The number of rotatable bonds is 8. The van der Waals surface area contributed by atoms with Crippen molar-refractivity contribution in [3.8, 4) is 0 Å². The minimum Gasteiger partial charge on any atom is -0.103 e. The Morgan fingerprint density at radius 1 is 0.692 bits per heavy atom. The summed E-state index contributed by atoms with van der Waals surface area (Å²) in [5.41, 5.74) is 6.65. The van der Waals surface area contributed by atoms with Crippen molar-refractivity contribution >= 4 is 6.08 Å². The Hall–Kier alpha value is -2.86. The maximum absolute atomic E-state index is 3.96. The fraction of sp³-hybridized carbons (Fsp3) is 0.154. The molecule has 0 amide bonds. The van der Waals surface area contributed by atoms with Crippen molar-refractivity contribution in [1.82, 2.24) is 0 Å². The fourth-order valence-electron chi connectivity index (χ4n) is 3.39. The zero-order valence-electron chi connectivity index (χ0n) is 15.3. The number of benzene rings is 3. The number of aryl methyl sites for hydroxylation is 2. The maximum atomic E-state index is 3.96. The normalized spacial score (nSPS) is 11.7. The summed E-state index contributed by atoms with van der Waals surface area (Å²) in [6.07, 6.45) is 6.97. The molecule has 0 heterocycles. The van der Waals surface area contributed by atoms with Gasteiger partial charge in [0.25, 0.3) is 0 Å². The number of hydrogen-bond donors (Lipinski definition) is 0. The zero-order chi connectivity index (χ0) is 18.2. The van der Waals surface area contributed by atoms with Gasteiger partial charge in [0, 0.05) is 5.92 Å². The third-order valence-corrected chi connectivity index (χ3v) is 4.88. The zero-order valence-corrected chi connectivity index (χ0v) is 15.3. The molecule has 3 aromatic rings. The van der Waals surface area contributed by atoms with Crippen molar-refractivity contribution in [2.24, 2.45) is 0 Å². The van der Waals surface area contributed by atoms with Gasteiger partial charge in [-0.2, -0.15) is 0 Å². The highest BCUT2D eigenvalue weighted by atomic mass is 14.2. The third kappa shape index (κ3) is 4.61. The van der Waals surface area contributed by atoms with Crippen LogP contribution in [0, 0.1) is 0 Å². The SMILES string of the molecule is C=CCC(c1ccccc1)c1cccc(CCc2ccc(C=C)cc2)c1. The van der Waals surface area contributed by atoms with Crippen molar-refractivity contribution in [3.05, 3.63) is 126 Å². The molecule has 0 aliphatic rings. The minimum absolute atomic E-state index is 0.375. The highest BCUT2D eigenvalue weighted by Crippen LogP contribution is 2.29. The highest BCUT2D eigenvalue weighted by Gasteiger charge is 2.12. The Morgan fingerprint density at radius 2 is 1.38 bits per heavy atom. The van der Waals surface area contributed by atoms with Gasteiger partial charge in [0.15, 0.2) is 0 Å². The smallest absolute Gasteiger partial charge is 0.0124 e. The molecule has 130 valence electrons. The standard InChI is InChI=1S/C26H26/c1-3-9-26(24-11-6-5-7-12-24)25-13-8-10-23(20-25)19-18-22-16-14-21(4-2)15-17-22/h3-8,10-17,20,26H,1-2,9,18-19H2. The van der Waals surface area contributed by atoms with Gasteiger partial charge in [0.1, 0.15) is 0 Å². The van der Waals surface area contributed by atoms with Crippen LogP contribution in [0.5, 0.6) is 0 Å². The second kappa shape index (κ2) is 9.01. The predicted molar refractivity (Wildman–Crippen MR) is 113 cm³/mol. The van der Waals surface area contributed by atoms with Crippen LogP contribution in [-0.4, -0.2) is 0 Å². The van der Waals surface area contributed by atoms with Gasteiger partial charge >= 0.3 is 0 Å². The van der Waals surface area contributed by atoms with Gasteiger partial charge in [-0.25, -0.2) is 0 Å². The fourth-order valence-corrected chi connectivity index (χ4v) is 3.39. The molecular weight excluding hydrogens is 312 g/mol. The van der Waals surface area contributed by atoms with E-state index in [0.717, 1.165) is 19.3 Å². The monoisotopic (exact) mass is 338 g/mol. The lowest BCUT2D eigenvalue weighted by atomic mass is 9.87. The van der Waals surface area contributed by atoms with Crippen molar-refractivity contribution in [1.29, 1.82) is 0 Å². The lowest BCUT2D eigenvalue weighted by molar-refractivity contribution is 0.825. The first-order valence-corrected chi connectivity index (χ1v) is 9.26. The molecule has 1 unspecified atom stereocenters. The average Bonchev–Trinajstić information content (AvgIpc) is 2.72. The average molecular weight is 338 g/mol. The van der Waals surface area contributed by atoms with Crippen LogP contribution >= 0.6 is 0 Å². The van der Waals surface area contributed by atoms with Crippen molar-refractivity contribution in [2.45, 2.75) is 25.2 Å². The van der Waals surface area contributed by atoms with E-state index in [4.69, 9.17) is 0 Å². The first-order valence-electron chi connectivity index (χ1n) is 9.26. The molecule has 0 aromatic heterocycles. The summed E-state index contributed by atoms with van der Waals surface area (Å²) in [5, 5.41) is 0. The molecule has 0 saturated heterocycles. The summed E-state index contributed by atoms with van der Waals surface area (Å²) < 4.78 is 0. The second-order valence-electron chi connectivity index (χ2n) is 6.68. The number of allylic oxidation sites excluding steroid dienone is 1. The van der Waals surface area contributed by atoms with Gasteiger partial charge in [0.2, 0.25) is 0 Å². The molecule has 3 aromatic carbocycles. The molecule has 0 N–H and O–H groups in total. The van der Waals surface area contributed by atoms with E-state index in [0.29, 0.717) is 5.92 Å². The van der Waals surface area contributed by atoms with E-state index < -0.39 is 0 Å². The van der Waals surface area contributed by atoms with Crippen LogP contribution in [0.2, 0.25) is 0 Å². The van der Waals surface area contributed by atoms with Gasteiger partial charge in [-0.3, -0.25) is 0 Å². The van der Waals surface area contributed by atoms with Crippen LogP contribution in [-0.2, 0) is 12.8 Å². The molecule has 0 aliphatic carbocycles. The Kier molecular flexibility index (Phi) is 6.22. The maximum Gasteiger partial charge on any atom is 0.0124 e. The Bertz CT molecular complexity index is 841. The van der Waals surface area contributed by atoms with Gasteiger partial charge < -0.3 is 0 Å². The Balaban J connectivity index is 1.75. The van der Waals surface area contributed by atoms with E-state index >= 15 is 0 Å². The quantitative estimate of drug-likeness (QED) is 0.395. The summed E-state index contributed by atoms with van der Waals surface area (Å²) in [6, 6.07) is 28.4. The molecule has 3 rings (SSSR count). The molecular formula is C26H26. The summed E-state index contributed by atoms with van der Waals surface area (Å²) in [7, 11) is 0. The molecule has 1 atom stereocenters. The molecule has 26 heavy (non-hydrogen) atoms. The summed E-state index contributed by atoms with van der Waals surface area (Å²) >= 11 is 0. The first-order chi connectivity index (χ1) is 12.8.